The van der Waals surface area contributed by atoms with Crippen LogP contribution in [-0.2, 0) is 9.16 Å². The second-order valence-electron chi connectivity index (χ2n) is 5.98. The van der Waals surface area contributed by atoms with Gasteiger partial charge in [-0.15, -0.1) is 0 Å². The molecule has 0 radical (unpaired) electrons. The fourth-order valence-corrected chi connectivity index (χ4v) is 2.22. The zero-order valence-corrected chi connectivity index (χ0v) is 12.8. The van der Waals surface area contributed by atoms with Crippen molar-refractivity contribution in [2.24, 2.45) is 10.8 Å². The van der Waals surface area contributed by atoms with Crippen LogP contribution >= 0.6 is 0 Å². The molecule has 0 N–H and O–H groups in total. The van der Waals surface area contributed by atoms with E-state index in [2.05, 4.69) is 41.5 Å². The van der Waals surface area contributed by atoms with Gasteiger partial charge in [0.15, 0.2) is 0 Å². The standard InChI is InChI=1S/C11H26O2Si/c1-10(2,3)9(11(4,5)6)12-7-8-13-14/h9H,7-8H2,1-6,14H3. The lowest BCUT2D eigenvalue weighted by Crippen LogP contribution is -2.41. The van der Waals surface area contributed by atoms with Crippen LogP contribution < -0.4 is 0 Å². The van der Waals surface area contributed by atoms with Crippen LogP contribution in [0.1, 0.15) is 41.5 Å². The van der Waals surface area contributed by atoms with Crippen LogP contribution in [0.2, 0.25) is 0 Å². The Balaban J connectivity index is 4.28. The SMILES string of the molecule is CC(C)(C)C(OCCO[SiH3])C(C)(C)C. The average Bonchev–Trinajstić information content (AvgIpc) is 1.92. The first-order valence-corrected chi connectivity index (χ1v) is 6.12. The normalized spacial score (nSPS) is 13.9. The Hall–Kier alpha value is 0.137. The predicted molar refractivity (Wildman–Crippen MR) is 64.5 cm³/mol. The van der Waals surface area contributed by atoms with E-state index in [4.69, 9.17) is 9.16 Å². The Labute approximate surface area is 91.9 Å². The summed E-state index contributed by atoms with van der Waals surface area (Å²) in [6, 6.07) is 0. The molecule has 2 nitrogen and oxygen atoms in total. The summed E-state index contributed by atoms with van der Waals surface area (Å²) in [4.78, 5) is 0. The molecule has 0 atom stereocenters. The number of hydrogen-bond donors (Lipinski definition) is 0. The zero-order valence-electron chi connectivity index (χ0n) is 10.8. The number of rotatable bonds is 4. The molecule has 0 saturated heterocycles. The van der Waals surface area contributed by atoms with Gasteiger partial charge >= 0.3 is 0 Å². The Morgan fingerprint density at radius 2 is 1.36 bits per heavy atom. The molecule has 0 aromatic heterocycles. The highest BCUT2D eigenvalue weighted by Crippen LogP contribution is 2.35. The smallest absolute Gasteiger partial charge is 0.146 e. The van der Waals surface area contributed by atoms with Crippen molar-refractivity contribution < 1.29 is 9.16 Å². The van der Waals surface area contributed by atoms with Crippen molar-refractivity contribution in [1.29, 1.82) is 0 Å². The Morgan fingerprint density at radius 1 is 0.929 bits per heavy atom. The summed E-state index contributed by atoms with van der Waals surface area (Å²) in [5.74, 6) is 0. The summed E-state index contributed by atoms with van der Waals surface area (Å²) < 4.78 is 11.0. The molecule has 0 aromatic rings. The van der Waals surface area contributed by atoms with E-state index in [0.29, 0.717) is 6.61 Å². The summed E-state index contributed by atoms with van der Waals surface area (Å²) in [5, 5.41) is 0. The van der Waals surface area contributed by atoms with Gasteiger partial charge in [-0.05, 0) is 10.8 Å². The third-order valence-electron chi connectivity index (χ3n) is 2.15. The largest absolute Gasteiger partial charge is 0.426 e. The van der Waals surface area contributed by atoms with Gasteiger partial charge < -0.3 is 9.16 Å². The molecule has 0 saturated carbocycles. The molecule has 14 heavy (non-hydrogen) atoms. The third kappa shape index (κ3) is 5.13. The number of ether oxygens (including phenoxy) is 1. The maximum absolute atomic E-state index is 5.91. The first kappa shape index (κ1) is 14.1. The van der Waals surface area contributed by atoms with Gasteiger partial charge in [0, 0.05) is 0 Å². The quantitative estimate of drug-likeness (QED) is 0.529. The van der Waals surface area contributed by atoms with Crippen molar-refractivity contribution in [3.05, 3.63) is 0 Å². The van der Waals surface area contributed by atoms with Crippen LogP contribution in [0.3, 0.4) is 0 Å². The third-order valence-corrected chi connectivity index (χ3v) is 2.55. The Morgan fingerprint density at radius 3 is 1.64 bits per heavy atom. The second-order valence-corrected chi connectivity index (χ2v) is 6.55. The lowest BCUT2D eigenvalue weighted by atomic mass is 9.74. The van der Waals surface area contributed by atoms with Gasteiger partial charge in [-0.2, -0.15) is 0 Å². The monoisotopic (exact) mass is 218 g/mol. The van der Waals surface area contributed by atoms with Gasteiger partial charge in [-0.25, -0.2) is 0 Å². The maximum atomic E-state index is 5.91. The molecule has 0 unspecified atom stereocenters. The molecule has 86 valence electrons. The molecule has 0 spiro atoms. The van der Waals surface area contributed by atoms with Crippen LogP contribution in [0.25, 0.3) is 0 Å². The molecule has 0 bridgehead atoms. The summed E-state index contributed by atoms with van der Waals surface area (Å²) in [6.45, 7) is 14.8. The molecular formula is C11H26O2Si. The van der Waals surface area contributed by atoms with Crippen molar-refractivity contribution in [3.8, 4) is 0 Å². The number of hydrogen-bond acceptors (Lipinski definition) is 2. The fraction of sp³-hybridized carbons (Fsp3) is 1.00. The van der Waals surface area contributed by atoms with Crippen molar-refractivity contribution in [3.63, 3.8) is 0 Å². The van der Waals surface area contributed by atoms with Crippen LogP contribution in [0.5, 0.6) is 0 Å². The van der Waals surface area contributed by atoms with Gasteiger partial charge in [0.2, 0.25) is 0 Å². The van der Waals surface area contributed by atoms with Crippen LogP contribution in [-0.4, -0.2) is 29.8 Å². The van der Waals surface area contributed by atoms with Gasteiger partial charge in [-0.3, -0.25) is 0 Å². The van der Waals surface area contributed by atoms with E-state index in [1.54, 1.807) is 0 Å². The van der Waals surface area contributed by atoms with E-state index in [0.717, 1.165) is 17.1 Å². The summed E-state index contributed by atoms with van der Waals surface area (Å²) in [5.41, 5.74) is 0.368. The highest BCUT2D eigenvalue weighted by molar-refractivity contribution is 5.97. The first-order chi connectivity index (χ1) is 6.19. The van der Waals surface area contributed by atoms with Crippen molar-refractivity contribution in [2.75, 3.05) is 13.2 Å². The summed E-state index contributed by atoms with van der Waals surface area (Å²) >= 11 is 0. The zero-order chi connectivity index (χ0) is 11.4. The van der Waals surface area contributed by atoms with E-state index in [9.17, 15) is 0 Å². The minimum Gasteiger partial charge on any atom is -0.426 e. The second kappa shape index (κ2) is 5.28. The van der Waals surface area contributed by atoms with Gasteiger partial charge in [0.25, 0.3) is 0 Å². The van der Waals surface area contributed by atoms with Gasteiger partial charge in [0.05, 0.1) is 19.3 Å². The lowest BCUT2D eigenvalue weighted by Gasteiger charge is -2.40. The minimum absolute atomic E-state index is 0.184. The fourth-order valence-electron chi connectivity index (χ4n) is 2.05. The Kier molecular flexibility index (Phi) is 5.34. The van der Waals surface area contributed by atoms with Gasteiger partial charge in [0.1, 0.15) is 10.5 Å². The lowest BCUT2D eigenvalue weighted by molar-refractivity contribution is -0.0876. The van der Waals surface area contributed by atoms with Crippen LogP contribution in [0.15, 0.2) is 0 Å². The van der Waals surface area contributed by atoms with E-state index >= 15 is 0 Å². The summed E-state index contributed by atoms with van der Waals surface area (Å²) in [6.07, 6.45) is 0.270. The van der Waals surface area contributed by atoms with E-state index in [-0.39, 0.29) is 16.9 Å². The molecule has 0 aliphatic rings. The molecular weight excluding hydrogens is 192 g/mol. The van der Waals surface area contributed by atoms with E-state index in [1.807, 2.05) is 0 Å². The molecule has 0 heterocycles. The molecule has 0 aliphatic heterocycles. The van der Waals surface area contributed by atoms with Gasteiger partial charge in [-0.1, -0.05) is 41.5 Å². The van der Waals surface area contributed by atoms with E-state index < -0.39 is 0 Å². The first-order valence-electron chi connectivity index (χ1n) is 5.30. The van der Waals surface area contributed by atoms with Crippen LogP contribution in [0.4, 0.5) is 0 Å². The van der Waals surface area contributed by atoms with Crippen molar-refractivity contribution in [1.82, 2.24) is 0 Å². The van der Waals surface area contributed by atoms with Crippen molar-refractivity contribution >= 4 is 10.5 Å². The average molecular weight is 218 g/mol. The maximum Gasteiger partial charge on any atom is 0.146 e. The Bertz CT molecular complexity index is 142. The van der Waals surface area contributed by atoms with E-state index in [1.165, 1.54) is 0 Å². The molecule has 0 aromatic carbocycles. The molecule has 0 rings (SSSR count). The molecule has 3 heteroatoms. The predicted octanol–water partition coefficient (Wildman–Crippen LogP) is 1.76. The molecule has 0 fully saturated rings. The molecule has 0 amide bonds. The minimum atomic E-state index is 0.184. The topological polar surface area (TPSA) is 18.5 Å². The summed E-state index contributed by atoms with van der Waals surface area (Å²) in [7, 11) is 0.798. The van der Waals surface area contributed by atoms with Crippen LogP contribution in [0, 0.1) is 10.8 Å². The molecule has 0 aliphatic carbocycles. The highest BCUT2D eigenvalue weighted by atomic mass is 28.2. The highest BCUT2D eigenvalue weighted by Gasteiger charge is 2.35. The van der Waals surface area contributed by atoms with Crippen molar-refractivity contribution in [2.45, 2.75) is 47.6 Å².